The van der Waals surface area contributed by atoms with E-state index in [-0.39, 0.29) is 0 Å². The highest BCUT2D eigenvalue weighted by molar-refractivity contribution is 6.08. The van der Waals surface area contributed by atoms with Crippen LogP contribution in [0.4, 0.5) is 0 Å². The molecule has 1 nitrogen and oxygen atoms in total. The first-order valence-electron chi connectivity index (χ1n) is 5.03. The van der Waals surface area contributed by atoms with E-state index >= 15 is 0 Å². The predicted octanol–water partition coefficient (Wildman–Crippen LogP) is 3.08. The Morgan fingerprint density at radius 3 is 2.64 bits per heavy atom. The highest BCUT2D eigenvalue weighted by Crippen LogP contribution is 2.27. The molecule has 75 valence electrons. The number of rotatable bonds is 4. The smallest absolute Gasteiger partial charge is 0.122 e. The Morgan fingerprint density at radius 2 is 2.07 bits per heavy atom. The lowest BCUT2D eigenvalue weighted by Gasteiger charge is -2.14. The molecular weight excluding hydrogens is 188 g/mol. The molecule has 0 heterocycles. The van der Waals surface area contributed by atoms with Crippen molar-refractivity contribution in [2.75, 3.05) is 6.61 Å². The van der Waals surface area contributed by atoms with Crippen molar-refractivity contribution < 1.29 is 4.74 Å². The topological polar surface area (TPSA) is 9.23 Å². The second kappa shape index (κ2) is 5.20. The lowest BCUT2D eigenvalue weighted by atomic mass is 10.0. The Labute approximate surface area is 89.9 Å². The van der Waals surface area contributed by atoms with E-state index in [4.69, 9.17) is 4.74 Å². The van der Waals surface area contributed by atoms with E-state index < -0.39 is 0 Å². The molecule has 1 rings (SSSR count). The Bertz CT molecular complexity index is 294. The minimum absolute atomic E-state index is 0.514. The van der Waals surface area contributed by atoms with Crippen LogP contribution in [0.3, 0.4) is 0 Å². The first-order chi connectivity index (χ1) is 6.65. The van der Waals surface area contributed by atoms with Crippen molar-refractivity contribution >= 4 is 10.2 Å². The minimum atomic E-state index is 0.514. The van der Waals surface area contributed by atoms with Gasteiger partial charge in [-0.05, 0) is 36.1 Å². The first kappa shape index (κ1) is 11.3. The summed E-state index contributed by atoms with van der Waals surface area (Å²) in [4.78, 5) is 0. The zero-order valence-corrected chi connectivity index (χ0v) is 10.1. The minimum Gasteiger partial charge on any atom is -0.494 e. The van der Waals surface area contributed by atoms with Gasteiger partial charge in [0.2, 0.25) is 0 Å². The van der Waals surface area contributed by atoms with Crippen molar-refractivity contribution in [3.63, 3.8) is 0 Å². The summed E-state index contributed by atoms with van der Waals surface area (Å²) in [6.45, 7) is 7.18. The molecule has 0 saturated carbocycles. The van der Waals surface area contributed by atoms with Crippen LogP contribution >= 0.6 is 0 Å². The van der Waals surface area contributed by atoms with Gasteiger partial charge in [0.25, 0.3) is 0 Å². The van der Waals surface area contributed by atoms with Gasteiger partial charge in [-0.25, -0.2) is 0 Å². The largest absolute Gasteiger partial charge is 0.494 e. The second-order valence-corrected chi connectivity index (χ2v) is 4.29. The maximum atomic E-state index is 5.68. The summed E-state index contributed by atoms with van der Waals surface area (Å²) in [5.74, 6) is 1.54. The predicted molar refractivity (Wildman–Crippen MR) is 61.3 cm³/mol. The molecule has 1 aromatic rings. The fraction of sp³-hybridized carbons (Fsp3) is 0.500. The van der Waals surface area contributed by atoms with E-state index in [9.17, 15) is 0 Å². The van der Waals surface area contributed by atoms with Gasteiger partial charge in [0.05, 0.1) is 6.61 Å². The SMILES string of the molecule is Cc1ccc(C(C)C)c(OCC[Si])c1. The second-order valence-electron chi connectivity index (χ2n) is 3.79. The average molecular weight is 205 g/mol. The lowest BCUT2D eigenvalue weighted by molar-refractivity contribution is 0.335. The highest BCUT2D eigenvalue weighted by atomic mass is 28.1. The van der Waals surface area contributed by atoms with E-state index in [1.165, 1.54) is 11.1 Å². The molecule has 0 amide bonds. The van der Waals surface area contributed by atoms with Crippen LogP contribution in [0.25, 0.3) is 0 Å². The van der Waals surface area contributed by atoms with Gasteiger partial charge >= 0.3 is 0 Å². The monoisotopic (exact) mass is 205 g/mol. The number of ether oxygens (including phenoxy) is 1. The lowest BCUT2D eigenvalue weighted by Crippen LogP contribution is -2.01. The Hall–Kier alpha value is -0.763. The van der Waals surface area contributed by atoms with Crippen LogP contribution in [0.1, 0.15) is 30.9 Å². The molecule has 2 heteroatoms. The molecule has 0 bridgehead atoms. The van der Waals surface area contributed by atoms with Crippen LogP contribution in [0, 0.1) is 6.92 Å². The normalized spacial score (nSPS) is 10.6. The summed E-state index contributed by atoms with van der Waals surface area (Å²) < 4.78 is 5.68. The summed E-state index contributed by atoms with van der Waals surface area (Å²) in [6, 6.07) is 7.27. The molecule has 0 saturated heterocycles. The van der Waals surface area contributed by atoms with Crippen molar-refractivity contribution in [2.24, 2.45) is 0 Å². The quantitative estimate of drug-likeness (QED) is 0.686. The average Bonchev–Trinajstić information content (AvgIpc) is 2.14. The van der Waals surface area contributed by atoms with E-state index in [1.807, 2.05) is 0 Å². The maximum Gasteiger partial charge on any atom is 0.122 e. The Morgan fingerprint density at radius 1 is 1.36 bits per heavy atom. The summed E-state index contributed by atoms with van der Waals surface area (Å²) in [7, 11) is 3.41. The zero-order chi connectivity index (χ0) is 10.6. The van der Waals surface area contributed by atoms with Crippen molar-refractivity contribution in [2.45, 2.75) is 32.7 Å². The maximum absolute atomic E-state index is 5.68. The van der Waals surface area contributed by atoms with Crippen LogP contribution in [-0.4, -0.2) is 16.8 Å². The van der Waals surface area contributed by atoms with E-state index in [2.05, 4.69) is 49.2 Å². The van der Waals surface area contributed by atoms with E-state index in [0.29, 0.717) is 5.92 Å². The third-order valence-corrected chi connectivity index (χ3v) is 2.35. The van der Waals surface area contributed by atoms with E-state index in [1.54, 1.807) is 0 Å². The fourth-order valence-corrected chi connectivity index (χ4v) is 1.51. The van der Waals surface area contributed by atoms with E-state index in [0.717, 1.165) is 18.4 Å². The van der Waals surface area contributed by atoms with Crippen LogP contribution in [-0.2, 0) is 0 Å². The summed E-state index contributed by atoms with van der Waals surface area (Å²) in [5, 5.41) is 0. The van der Waals surface area contributed by atoms with Crippen molar-refractivity contribution in [3.8, 4) is 5.75 Å². The Balaban J connectivity index is 2.91. The molecule has 1 aromatic carbocycles. The molecule has 0 atom stereocenters. The number of aryl methyl sites for hydroxylation is 1. The molecular formula is C12H17OSi. The summed E-state index contributed by atoms with van der Waals surface area (Å²) in [6.07, 6.45) is 0. The molecule has 3 radical (unpaired) electrons. The molecule has 0 aromatic heterocycles. The molecule has 0 aliphatic heterocycles. The van der Waals surface area contributed by atoms with Crippen LogP contribution in [0.2, 0.25) is 6.04 Å². The number of hydrogen-bond donors (Lipinski definition) is 0. The van der Waals surface area contributed by atoms with Crippen LogP contribution in [0.5, 0.6) is 5.75 Å². The first-order valence-corrected chi connectivity index (χ1v) is 5.73. The van der Waals surface area contributed by atoms with Gasteiger partial charge in [0.1, 0.15) is 5.75 Å². The number of benzene rings is 1. The molecule has 0 spiro atoms. The third-order valence-electron chi connectivity index (χ3n) is 2.15. The standard InChI is InChI=1S/C12H17OSi/c1-9(2)11-5-4-10(3)8-12(11)13-6-7-14/h4-5,8-9H,6-7H2,1-3H3. The fourth-order valence-electron chi connectivity index (χ4n) is 1.40. The van der Waals surface area contributed by atoms with Gasteiger partial charge in [-0.1, -0.05) is 26.0 Å². The number of hydrogen-bond acceptors (Lipinski definition) is 1. The summed E-state index contributed by atoms with van der Waals surface area (Å²) in [5.41, 5.74) is 2.54. The van der Waals surface area contributed by atoms with Gasteiger partial charge in [-0.15, -0.1) is 0 Å². The third kappa shape index (κ3) is 2.88. The van der Waals surface area contributed by atoms with Crippen molar-refractivity contribution in [1.29, 1.82) is 0 Å². The molecule has 0 unspecified atom stereocenters. The van der Waals surface area contributed by atoms with Gasteiger partial charge in [-0.2, -0.15) is 0 Å². The Kier molecular flexibility index (Phi) is 4.20. The van der Waals surface area contributed by atoms with Gasteiger partial charge in [0.15, 0.2) is 0 Å². The van der Waals surface area contributed by atoms with Crippen LogP contribution in [0.15, 0.2) is 18.2 Å². The molecule has 0 N–H and O–H groups in total. The van der Waals surface area contributed by atoms with Gasteiger partial charge in [0, 0.05) is 10.2 Å². The highest BCUT2D eigenvalue weighted by Gasteiger charge is 2.07. The summed E-state index contributed by atoms with van der Waals surface area (Å²) >= 11 is 0. The van der Waals surface area contributed by atoms with Crippen molar-refractivity contribution in [3.05, 3.63) is 29.3 Å². The van der Waals surface area contributed by atoms with Crippen LogP contribution < -0.4 is 4.74 Å². The van der Waals surface area contributed by atoms with Gasteiger partial charge < -0.3 is 4.74 Å². The molecule has 0 fully saturated rings. The zero-order valence-electron chi connectivity index (χ0n) is 9.13. The van der Waals surface area contributed by atoms with Crippen molar-refractivity contribution in [1.82, 2.24) is 0 Å². The molecule has 14 heavy (non-hydrogen) atoms. The molecule has 0 aliphatic rings. The molecule has 0 aliphatic carbocycles. The van der Waals surface area contributed by atoms with Gasteiger partial charge in [-0.3, -0.25) is 0 Å².